The maximum atomic E-state index is 12.9. The number of primary amides is 1. The molecule has 0 spiro atoms. The molecular formula is C13H15FN2O5. The summed E-state index contributed by atoms with van der Waals surface area (Å²) >= 11 is 0. The molecule has 21 heavy (non-hydrogen) atoms. The molecule has 0 heterocycles. The molecule has 8 heteroatoms. The summed E-state index contributed by atoms with van der Waals surface area (Å²) in [4.78, 5) is 34.0. The van der Waals surface area contributed by atoms with Gasteiger partial charge >= 0.3 is 5.97 Å². The van der Waals surface area contributed by atoms with Crippen LogP contribution in [0.15, 0.2) is 24.3 Å². The molecule has 0 unspecified atom stereocenters. The second-order valence-electron chi connectivity index (χ2n) is 4.17. The highest BCUT2D eigenvalue weighted by molar-refractivity contribution is 5.86. The van der Waals surface area contributed by atoms with E-state index in [9.17, 15) is 18.8 Å². The third kappa shape index (κ3) is 6.37. The number of hydrogen-bond donors (Lipinski definition) is 2. The van der Waals surface area contributed by atoms with Gasteiger partial charge in [0, 0.05) is 6.07 Å². The number of hydrogen-bond acceptors (Lipinski definition) is 4. The molecule has 3 N–H and O–H groups in total. The Bertz CT molecular complexity index is 519. The quantitative estimate of drug-likeness (QED) is 0.701. The van der Waals surface area contributed by atoms with Crippen LogP contribution in [0.5, 0.6) is 5.75 Å². The van der Waals surface area contributed by atoms with Crippen molar-refractivity contribution in [3.8, 4) is 5.75 Å². The van der Waals surface area contributed by atoms with Crippen molar-refractivity contribution >= 4 is 17.8 Å². The molecule has 114 valence electrons. The molecule has 7 nitrogen and oxygen atoms in total. The lowest BCUT2D eigenvalue weighted by molar-refractivity contribution is -0.145. The second kappa shape index (κ2) is 7.83. The summed E-state index contributed by atoms with van der Waals surface area (Å²) in [5, 5.41) is 8.66. The Morgan fingerprint density at radius 3 is 2.57 bits per heavy atom. The van der Waals surface area contributed by atoms with Gasteiger partial charge in [-0.05, 0) is 12.1 Å². The number of nitrogens with zero attached hydrogens (tertiary/aromatic N) is 1. The molecule has 0 saturated heterocycles. The molecule has 0 aliphatic heterocycles. The maximum Gasteiger partial charge on any atom is 0.323 e. The molecule has 1 aromatic carbocycles. The lowest BCUT2D eigenvalue weighted by Crippen LogP contribution is -2.41. The first kappa shape index (κ1) is 16.4. The first-order valence-electron chi connectivity index (χ1n) is 6.04. The number of nitrogens with two attached hydrogens (primary N) is 1. The first-order valence-corrected chi connectivity index (χ1v) is 6.04. The average molecular weight is 298 g/mol. The van der Waals surface area contributed by atoms with Crippen LogP contribution in [0.4, 0.5) is 4.39 Å². The average Bonchev–Trinajstić information content (AvgIpc) is 2.36. The smallest absolute Gasteiger partial charge is 0.323 e. The highest BCUT2D eigenvalue weighted by Crippen LogP contribution is 2.12. The fourth-order valence-electron chi connectivity index (χ4n) is 1.55. The third-order valence-electron chi connectivity index (χ3n) is 2.41. The number of ether oxygens (including phenoxy) is 1. The van der Waals surface area contributed by atoms with Gasteiger partial charge in [-0.15, -0.1) is 0 Å². The zero-order valence-corrected chi connectivity index (χ0v) is 11.1. The van der Waals surface area contributed by atoms with E-state index < -0.39 is 36.7 Å². The minimum absolute atomic E-state index is 0.0723. The van der Waals surface area contributed by atoms with Gasteiger partial charge in [0.2, 0.25) is 11.8 Å². The monoisotopic (exact) mass is 298 g/mol. The number of carboxylic acids is 1. The Balaban J connectivity index is 2.49. The second-order valence-corrected chi connectivity index (χ2v) is 4.17. The van der Waals surface area contributed by atoms with Gasteiger partial charge in [0.05, 0.1) is 19.6 Å². The van der Waals surface area contributed by atoms with E-state index in [0.717, 1.165) is 11.0 Å². The Morgan fingerprint density at radius 1 is 1.29 bits per heavy atom. The molecule has 1 rings (SSSR count). The fourth-order valence-corrected chi connectivity index (χ4v) is 1.55. The Labute approximate surface area is 120 Å². The van der Waals surface area contributed by atoms with Gasteiger partial charge < -0.3 is 20.5 Å². The van der Waals surface area contributed by atoms with Crippen molar-refractivity contribution < 1.29 is 28.6 Å². The molecule has 0 fully saturated rings. The van der Waals surface area contributed by atoms with Crippen LogP contribution in [-0.4, -0.2) is 47.5 Å². The summed E-state index contributed by atoms with van der Waals surface area (Å²) in [6.45, 7) is -1.18. The molecule has 0 bridgehead atoms. The first-order chi connectivity index (χ1) is 9.88. The SMILES string of the molecule is NC(=O)CN(CC(=O)O)C(=O)CCOc1cccc(F)c1. The molecule has 0 aromatic heterocycles. The lowest BCUT2D eigenvalue weighted by atomic mass is 10.3. The molecular weight excluding hydrogens is 283 g/mol. The molecule has 0 saturated carbocycles. The van der Waals surface area contributed by atoms with E-state index >= 15 is 0 Å². The highest BCUT2D eigenvalue weighted by atomic mass is 19.1. The Hall–Kier alpha value is -2.64. The summed E-state index contributed by atoms with van der Waals surface area (Å²) in [7, 11) is 0. The summed E-state index contributed by atoms with van der Waals surface area (Å²) in [6, 6.07) is 5.38. The van der Waals surface area contributed by atoms with Crippen LogP contribution in [0.2, 0.25) is 0 Å². The molecule has 0 aliphatic rings. The van der Waals surface area contributed by atoms with Crippen molar-refractivity contribution in [2.75, 3.05) is 19.7 Å². The maximum absolute atomic E-state index is 12.9. The Morgan fingerprint density at radius 2 is 2.00 bits per heavy atom. The van der Waals surface area contributed by atoms with Crippen molar-refractivity contribution in [1.29, 1.82) is 0 Å². The molecule has 1 aromatic rings. The van der Waals surface area contributed by atoms with Crippen LogP contribution in [-0.2, 0) is 14.4 Å². The van der Waals surface area contributed by atoms with Gasteiger partial charge in [0.1, 0.15) is 18.1 Å². The van der Waals surface area contributed by atoms with Crippen LogP contribution in [0.1, 0.15) is 6.42 Å². The summed E-state index contributed by atoms with van der Waals surface area (Å²) < 4.78 is 18.1. The van der Waals surface area contributed by atoms with Crippen LogP contribution >= 0.6 is 0 Å². The topological polar surface area (TPSA) is 110 Å². The number of benzene rings is 1. The number of carboxylic acid groups (broad SMARTS) is 1. The number of rotatable bonds is 8. The number of aliphatic carboxylic acids is 1. The number of halogens is 1. The standard InChI is InChI=1S/C13H15FN2O5/c14-9-2-1-3-10(6-9)21-5-4-12(18)16(7-11(15)17)8-13(19)20/h1-3,6H,4-5,7-8H2,(H2,15,17)(H,19,20). The predicted octanol–water partition coefficient (Wildman–Crippen LogP) is -0.00690. The molecule has 2 amide bonds. The summed E-state index contributed by atoms with van der Waals surface area (Å²) in [5.74, 6) is -2.87. The number of amides is 2. The van der Waals surface area contributed by atoms with E-state index in [1.807, 2.05) is 0 Å². The zero-order valence-electron chi connectivity index (χ0n) is 11.1. The van der Waals surface area contributed by atoms with Crippen molar-refractivity contribution in [2.45, 2.75) is 6.42 Å². The largest absolute Gasteiger partial charge is 0.493 e. The van der Waals surface area contributed by atoms with E-state index in [0.29, 0.717) is 0 Å². The molecule has 0 atom stereocenters. The molecule has 0 radical (unpaired) electrons. The van der Waals surface area contributed by atoms with E-state index in [1.54, 1.807) is 0 Å². The normalized spacial score (nSPS) is 9.95. The van der Waals surface area contributed by atoms with Gasteiger partial charge in [0.15, 0.2) is 0 Å². The third-order valence-corrected chi connectivity index (χ3v) is 2.41. The summed E-state index contributed by atoms with van der Waals surface area (Å²) in [5.41, 5.74) is 4.94. The highest BCUT2D eigenvalue weighted by Gasteiger charge is 2.18. The fraction of sp³-hybridized carbons (Fsp3) is 0.308. The minimum Gasteiger partial charge on any atom is -0.493 e. The van der Waals surface area contributed by atoms with Crippen molar-refractivity contribution in [3.05, 3.63) is 30.1 Å². The number of carbonyl (C=O) groups excluding carboxylic acids is 2. The van der Waals surface area contributed by atoms with E-state index in [4.69, 9.17) is 15.6 Å². The minimum atomic E-state index is -1.25. The van der Waals surface area contributed by atoms with E-state index in [1.165, 1.54) is 18.2 Å². The van der Waals surface area contributed by atoms with Gasteiger partial charge in [-0.2, -0.15) is 0 Å². The van der Waals surface area contributed by atoms with E-state index in [2.05, 4.69) is 0 Å². The van der Waals surface area contributed by atoms with E-state index in [-0.39, 0.29) is 18.8 Å². The van der Waals surface area contributed by atoms with Gasteiger partial charge in [-0.3, -0.25) is 14.4 Å². The Kier molecular flexibility index (Phi) is 6.12. The lowest BCUT2D eigenvalue weighted by Gasteiger charge is -2.18. The van der Waals surface area contributed by atoms with Crippen LogP contribution in [0.3, 0.4) is 0 Å². The summed E-state index contributed by atoms with van der Waals surface area (Å²) in [6.07, 6.45) is -0.156. The van der Waals surface area contributed by atoms with Crippen LogP contribution in [0.25, 0.3) is 0 Å². The van der Waals surface area contributed by atoms with Crippen molar-refractivity contribution in [2.24, 2.45) is 5.73 Å². The van der Waals surface area contributed by atoms with Crippen molar-refractivity contribution in [1.82, 2.24) is 4.90 Å². The van der Waals surface area contributed by atoms with Gasteiger partial charge in [-0.1, -0.05) is 6.07 Å². The van der Waals surface area contributed by atoms with Crippen LogP contribution in [0, 0.1) is 5.82 Å². The zero-order chi connectivity index (χ0) is 15.8. The van der Waals surface area contributed by atoms with Crippen molar-refractivity contribution in [3.63, 3.8) is 0 Å². The number of carbonyl (C=O) groups is 3. The molecule has 0 aliphatic carbocycles. The van der Waals surface area contributed by atoms with Crippen LogP contribution < -0.4 is 10.5 Å². The van der Waals surface area contributed by atoms with Gasteiger partial charge in [0.25, 0.3) is 0 Å². The van der Waals surface area contributed by atoms with Gasteiger partial charge in [-0.25, -0.2) is 4.39 Å². The predicted molar refractivity (Wildman–Crippen MR) is 69.9 cm³/mol.